The van der Waals surface area contributed by atoms with Crippen molar-refractivity contribution in [3.8, 4) is 0 Å². The lowest BCUT2D eigenvalue weighted by molar-refractivity contribution is 0.0994. The van der Waals surface area contributed by atoms with Gasteiger partial charge in [0.1, 0.15) is 0 Å². The summed E-state index contributed by atoms with van der Waals surface area (Å²) in [6.45, 7) is 0. The highest BCUT2D eigenvalue weighted by Crippen LogP contribution is 2.16. The van der Waals surface area contributed by atoms with E-state index >= 15 is 0 Å². The first kappa shape index (κ1) is 11.9. The minimum Gasteiger partial charge on any atom is -0.398 e. The highest BCUT2D eigenvalue weighted by atomic mass is 79.9. The third kappa shape index (κ3) is 2.94. The van der Waals surface area contributed by atoms with Crippen molar-refractivity contribution in [3.63, 3.8) is 0 Å². The second-order valence-electron chi connectivity index (χ2n) is 3.82. The van der Waals surface area contributed by atoms with Gasteiger partial charge in [-0.2, -0.15) is 0 Å². The highest BCUT2D eigenvalue weighted by molar-refractivity contribution is 9.10. The molecule has 0 aliphatic heterocycles. The number of hydrogen-bond donors (Lipinski definition) is 1. The van der Waals surface area contributed by atoms with Crippen LogP contribution in [0.5, 0.6) is 0 Å². The number of nitrogens with two attached hydrogens (primary N) is 1. The number of benzene rings is 2. The second-order valence-corrected chi connectivity index (χ2v) is 4.73. The molecule has 2 rings (SSSR count). The fourth-order valence-corrected chi connectivity index (χ4v) is 2.13. The number of rotatable bonds is 3. The Bertz CT molecular complexity index is 551. The quantitative estimate of drug-likeness (QED) is 0.695. The number of anilines is 1. The molecule has 2 aromatic rings. The van der Waals surface area contributed by atoms with Crippen LogP contribution in [0.2, 0.25) is 0 Å². The molecule has 2 N–H and O–H groups in total. The molecule has 0 atom stereocenters. The predicted octanol–water partition coefficient (Wildman–Crippen LogP) is 3.46. The van der Waals surface area contributed by atoms with Crippen LogP contribution < -0.4 is 5.73 Å². The van der Waals surface area contributed by atoms with Gasteiger partial charge < -0.3 is 5.73 Å². The van der Waals surface area contributed by atoms with Crippen molar-refractivity contribution in [2.45, 2.75) is 6.42 Å². The van der Waals surface area contributed by atoms with Gasteiger partial charge in [-0.3, -0.25) is 4.79 Å². The molecule has 86 valence electrons. The number of Topliss-reactive ketones (excluding diaryl/α,β-unsaturated/α-hetero) is 1. The number of carbonyl (C=O) groups is 1. The van der Waals surface area contributed by atoms with Gasteiger partial charge in [0.2, 0.25) is 0 Å². The van der Waals surface area contributed by atoms with Crippen LogP contribution in [0.25, 0.3) is 0 Å². The van der Waals surface area contributed by atoms with Crippen LogP contribution >= 0.6 is 15.9 Å². The van der Waals surface area contributed by atoms with E-state index in [1.165, 1.54) is 0 Å². The van der Waals surface area contributed by atoms with Gasteiger partial charge in [-0.05, 0) is 29.8 Å². The van der Waals surface area contributed by atoms with Crippen LogP contribution in [0.4, 0.5) is 5.69 Å². The Labute approximate surface area is 109 Å². The number of ketones is 1. The van der Waals surface area contributed by atoms with E-state index in [4.69, 9.17) is 5.73 Å². The number of nitrogen functional groups attached to an aromatic ring is 1. The number of carbonyl (C=O) groups excluding carboxylic acids is 1. The number of halogens is 1. The molecule has 17 heavy (non-hydrogen) atoms. The van der Waals surface area contributed by atoms with Crippen LogP contribution in [-0.2, 0) is 6.42 Å². The van der Waals surface area contributed by atoms with E-state index in [9.17, 15) is 4.79 Å². The maximum atomic E-state index is 12.1. The lowest BCUT2D eigenvalue weighted by atomic mass is 10.0. The molecule has 0 saturated carbocycles. The fourth-order valence-electron chi connectivity index (χ4n) is 1.68. The van der Waals surface area contributed by atoms with Crippen LogP contribution in [0.3, 0.4) is 0 Å². The summed E-state index contributed by atoms with van der Waals surface area (Å²) in [5, 5.41) is 0. The zero-order valence-electron chi connectivity index (χ0n) is 9.19. The molecule has 0 heterocycles. The van der Waals surface area contributed by atoms with Gasteiger partial charge in [0, 0.05) is 22.1 Å². The molecule has 0 fully saturated rings. The minimum absolute atomic E-state index is 0.0428. The van der Waals surface area contributed by atoms with E-state index in [1.54, 1.807) is 12.1 Å². The van der Waals surface area contributed by atoms with Gasteiger partial charge in [0.15, 0.2) is 5.78 Å². The van der Waals surface area contributed by atoms with Crippen LogP contribution in [-0.4, -0.2) is 5.78 Å². The molecular weight excluding hydrogens is 278 g/mol. The topological polar surface area (TPSA) is 43.1 Å². The highest BCUT2D eigenvalue weighted by Gasteiger charge is 2.09. The summed E-state index contributed by atoms with van der Waals surface area (Å²) < 4.78 is 0.976. The number of hydrogen-bond acceptors (Lipinski definition) is 2. The molecule has 0 amide bonds. The second kappa shape index (κ2) is 5.15. The van der Waals surface area contributed by atoms with Crippen molar-refractivity contribution >= 4 is 27.4 Å². The molecule has 3 heteroatoms. The van der Waals surface area contributed by atoms with Crippen LogP contribution in [0.15, 0.2) is 53.0 Å². The van der Waals surface area contributed by atoms with Gasteiger partial charge in [-0.25, -0.2) is 0 Å². The monoisotopic (exact) mass is 289 g/mol. The van der Waals surface area contributed by atoms with Crippen molar-refractivity contribution in [1.29, 1.82) is 0 Å². The first-order valence-corrected chi connectivity index (χ1v) is 6.08. The normalized spacial score (nSPS) is 10.2. The molecule has 0 bridgehead atoms. The fraction of sp³-hybridized carbons (Fsp3) is 0.0714. The minimum atomic E-state index is 0.0428. The summed E-state index contributed by atoms with van der Waals surface area (Å²) in [5.41, 5.74) is 7.88. The van der Waals surface area contributed by atoms with Gasteiger partial charge in [0.05, 0.1) is 0 Å². The average Bonchev–Trinajstić information content (AvgIpc) is 2.29. The number of para-hydroxylation sites is 1. The standard InChI is InChI=1S/C14H12BrNO/c15-11-5-3-4-10(8-11)9-14(17)12-6-1-2-7-13(12)16/h1-8H,9,16H2. The lowest BCUT2D eigenvalue weighted by Gasteiger charge is -2.04. The predicted molar refractivity (Wildman–Crippen MR) is 73.0 cm³/mol. The zero-order chi connectivity index (χ0) is 12.3. The maximum Gasteiger partial charge on any atom is 0.169 e. The van der Waals surface area contributed by atoms with Crippen molar-refractivity contribution < 1.29 is 4.79 Å². The van der Waals surface area contributed by atoms with E-state index < -0.39 is 0 Å². The van der Waals surface area contributed by atoms with Gasteiger partial charge in [0.25, 0.3) is 0 Å². The first-order valence-electron chi connectivity index (χ1n) is 5.29. The molecule has 2 nitrogen and oxygen atoms in total. The molecule has 0 aliphatic rings. The van der Waals surface area contributed by atoms with E-state index in [1.807, 2.05) is 36.4 Å². The van der Waals surface area contributed by atoms with Crippen molar-refractivity contribution in [1.82, 2.24) is 0 Å². The Morgan fingerprint density at radius 2 is 1.88 bits per heavy atom. The summed E-state index contributed by atoms with van der Waals surface area (Å²) in [4.78, 5) is 12.1. The van der Waals surface area contributed by atoms with E-state index in [0.717, 1.165) is 10.0 Å². The largest absolute Gasteiger partial charge is 0.398 e. The Hall–Kier alpha value is -1.61. The van der Waals surface area contributed by atoms with E-state index in [-0.39, 0.29) is 5.78 Å². The van der Waals surface area contributed by atoms with Crippen molar-refractivity contribution in [2.24, 2.45) is 0 Å². The summed E-state index contributed by atoms with van der Waals surface area (Å²) >= 11 is 3.39. The molecular formula is C14H12BrNO. The average molecular weight is 290 g/mol. The summed E-state index contributed by atoms with van der Waals surface area (Å²) in [6, 6.07) is 14.9. The Morgan fingerprint density at radius 3 is 2.59 bits per heavy atom. The molecule has 0 aliphatic carbocycles. The van der Waals surface area contributed by atoms with Crippen LogP contribution in [0, 0.1) is 0 Å². The smallest absolute Gasteiger partial charge is 0.169 e. The summed E-state index contributed by atoms with van der Waals surface area (Å²) in [5.74, 6) is 0.0428. The third-order valence-electron chi connectivity index (χ3n) is 2.51. The lowest BCUT2D eigenvalue weighted by Crippen LogP contribution is -2.06. The molecule has 2 aromatic carbocycles. The Morgan fingerprint density at radius 1 is 1.12 bits per heavy atom. The van der Waals surface area contributed by atoms with Crippen molar-refractivity contribution in [3.05, 3.63) is 64.1 Å². The Balaban J connectivity index is 2.20. The Kier molecular flexibility index (Phi) is 3.59. The van der Waals surface area contributed by atoms with Crippen molar-refractivity contribution in [2.75, 3.05) is 5.73 Å². The zero-order valence-corrected chi connectivity index (χ0v) is 10.8. The molecule has 0 spiro atoms. The third-order valence-corrected chi connectivity index (χ3v) is 3.01. The molecule has 0 saturated heterocycles. The van der Waals surface area contributed by atoms with Gasteiger partial charge >= 0.3 is 0 Å². The summed E-state index contributed by atoms with van der Waals surface area (Å²) in [6.07, 6.45) is 0.369. The van der Waals surface area contributed by atoms with Gasteiger partial charge in [-0.1, -0.05) is 40.2 Å². The summed E-state index contributed by atoms with van der Waals surface area (Å²) in [7, 11) is 0. The first-order chi connectivity index (χ1) is 8.16. The maximum absolute atomic E-state index is 12.1. The van der Waals surface area contributed by atoms with Crippen LogP contribution in [0.1, 0.15) is 15.9 Å². The molecule has 0 unspecified atom stereocenters. The van der Waals surface area contributed by atoms with E-state index in [2.05, 4.69) is 15.9 Å². The molecule has 0 aromatic heterocycles. The van der Waals surface area contributed by atoms with E-state index in [0.29, 0.717) is 17.7 Å². The molecule has 0 radical (unpaired) electrons. The SMILES string of the molecule is Nc1ccccc1C(=O)Cc1cccc(Br)c1. The van der Waals surface area contributed by atoms with Gasteiger partial charge in [-0.15, -0.1) is 0 Å².